The zero-order valence-corrected chi connectivity index (χ0v) is 9.30. The number of ether oxygens (including phenoxy) is 1. The number of carbonyl (C=O) groups is 2. The lowest BCUT2D eigenvalue weighted by molar-refractivity contribution is -0.131. The molecule has 0 aliphatic rings. The van der Waals surface area contributed by atoms with Gasteiger partial charge >= 0.3 is 5.97 Å². The van der Waals surface area contributed by atoms with E-state index < -0.39 is 5.97 Å². The third-order valence-corrected chi connectivity index (χ3v) is 2.24. The molecule has 1 aromatic rings. The molecule has 0 spiro atoms. The average Bonchev–Trinajstić information content (AvgIpc) is 2.22. The number of aryl methyl sites for hydroxylation is 2. The van der Waals surface area contributed by atoms with Crippen molar-refractivity contribution < 1.29 is 14.3 Å². The van der Waals surface area contributed by atoms with E-state index in [1.165, 1.54) is 0 Å². The van der Waals surface area contributed by atoms with Gasteiger partial charge in [0.15, 0.2) is 0 Å². The molecule has 0 saturated carbocycles. The summed E-state index contributed by atoms with van der Waals surface area (Å²) in [6.45, 7) is 3.55. The molecule has 1 aromatic carbocycles. The molecule has 0 aromatic heterocycles. The first-order valence-corrected chi connectivity index (χ1v) is 4.95. The van der Waals surface area contributed by atoms with E-state index in [2.05, 4.69) is 0 Å². The quantitative estimate of drug-likeness (QED) is 0.344. The highest BCUT2D eigenvalue weighted by Crippen LogP contribution is 2.22. The summed E-state index contributed by atoms with van der Waals surface area (Å²) in [6.07, 6.45) is 0.773. The van der Waals surface area contributed by atoms with Gasteiger partial charge in [-0.2, -0.15) is 0 Å². The van der Waals surface area contributed by atoms with Gasteiger partial charge in [-0.1, -0.05) is 0 Å². The number of halogens is 1. The van der Waals surface area contributed by atoms with Gasteiger partial charge in [0.05, 0.1) is 0 Å². The maximum atomic E-state index is 11.0. The predicted octanol–water partition coefficient (Wildman–Crippen LogP) is 2.26. The van der Waals surface area contributed by atoms with E-state index in [1.807, 2.05) is 0 Å². The lowest BCUT2D eigenvalue weighted by atomic mass is 10.1. The first kappa shape index (κ1) is 11.7. The molecular weight excluding hydrogens is 216 g/mol. The molecule has 0 unspecified atom stereocenters. The maximum Gasteiger partial charge on any atom is 0.326 e. The number of hydrogen-bond acceptors (Lipinski definition) is 3. The van der Waals surface area contributed by atoms with Crippen molar-refractivity contribution in [2.45, 2.75) is 13.8 Å². The number of rotatable bonds is 3. The fourth-order valence-electron chi connectivity index (χ4n) is 1.20. The Hall–Kier alpha value is -1.35. The van der Waals surface area contributed by atoms with Crippen molar-refractivity contribution in [1.29, 1.82) is 0 Å². The summed E-state index contributed by atoms with van der Waals surface area (Å²) in [4.78, 5) is 21.6. The Labute approximate surface area is 93.0 Å². The van der Waals surface area contributed by atoms with Crippen LogP contribution in [0.1, 0.15) is 21.5 Å². The standard InChI is InChI=1S/C11H11ClO3/c1-7-4-10(15-11(14)5-12)8(2)3-9(7)6-13/h3-4,6H,5H2,1-2H3. The molecule has 15 heavy (non-hydrogen) atoms. The zero-order valence-electron chi connectivity index (χ0n) is 8.54. The molecule has 80 valence electrons. The van der Waals surface area contributed by atoms with Crippen molar-refractivity contribution in [3.05, 3.63) is 28.8 Å². The first-order valence-electron chi connectivity index (χ1n) is 4.41. The van der Waals surface area contributed by atoms with Gasteiger partial charge in [-0.15, -0.1) is 11.6 Å². The van der Waals surface area contributed by atoms with Gasteiger partial charge in [0, 0.05) is 5.56 Å². The van der Waals surface area contributed by atoms with Crippen LogP contribution in [0.2, 0.25) is 0 Å². The van der Waals surface area contributed by atoms with Gasteiger partial charge < -0.3 is 4.74 Å². The third kappa shape index (κ3) is 2.80. The minimum Gasteiger partial charge on any atom is -0.425 e. The molecule has 3 nitrogen and oxygen atoms in total. The van der Waals surface area contributed by atoms with Crippen LogP contribution in [0.4, 0.5) is 0 Å². The minimum absolute atomic E-state index is 0.187. The van der Waals surface area contributed by atoms with Gasteiger partial charge in [0.1, 0.15) is 17.9 Å². The summed E-state index contributed by atoms with van der Waals surface area (Å²) in [5, 5.41) is 0. The van der Waals surface area contributed by atoms with Crippen molar-refractivity contribution in [2.24, 2.45) is 0 Å². The van der Waals surface area contributed by atoms with Crippen LogP contribution in [0.15, 0.2) is 12.1 Å². The van der Waals surface area contributed by atoms with E-state index >= 15 is 0 Å². The molecule has 0 heterocycles. The second-order valence-electron chi connectivity index (χ2n) is 3.20. The molecule has 0 saturated heterocycles. The van der Waals surface area contributed by atoms with Crippen LogP contribution in [0.5, 0.6) is 5.75 Å². The van der Waals surface area contributed by atoms with Crippen LogP contribution in [0.25, 0.3) is 0 Å². The maximum absolute atomic E-state index is 11.0. The summed E-state index contributed by atoms with van der Waals surface area (Å²) in [5.41, 5.74) is 2.10. The number of carbonyl (C=O) groups excluding carboxylic acids is 2. The van der Waals surface area contributed by atoms with Crippen LogP contribution in [-0.4, -0.2) is 18.1 Å². The Bertz CT molecular complexity index is 399. The smallest absolute Gasteiger partial charge is 0.326 e. The second kappa shape index (κ2) is 4.94. The zero-order chi connectivity index (χ0) is 11.4. The van der Waals surface area contributed by atoms with Gasteiger partial charge in [0.2, 0.25) is 0 Å². The molecular formula is C11H11ClO3. The van der Waals surface area contributed by atoms with Crippen molar-refractivity contribution in [2.75, 3.05) is 5.88 Å². The topological polar surface area (TPSA) is 43.4 Å². The lowest BCUT2D eigenvalue weighted by Crippen LogP contribution is -2.10. The van der Waals surface area contributed by atoms with Gasteiger partial charge in [-0.05, 0) is 37.1 Å². The molecule has 0 fully saturated rings. The fourth-order valence-corrected chi connectivity index (χ4v) is 1.25. The molecule has 0 bridgehead atoms. The van der Waals surface area contributed by atoms with Crippen molar-refractivity contribution in [3.8, 4) is 5.75 Å². The number of esters is 1. The monoisotopic (exact) mass is 226 g/mol. The molecule has 0 aliphatic heterocycles. The number of hydrogen-bond donors (Lipinski definition) is 0. The van der Waals surface area contributed by atoms with Crippen LogP contribution >= 0.6 is 11.6 Å². The average molecular weight is 227 g/mol. The van der Waals surface area contributed by atoms with Crippen molar-refractivity contribution in [3.63, 3.8) is 0 Å². The highest BCUT2D eigenvalue weighted by molar-refractivity contribution is 6.26. The predicted molar refractivity (Wildman–Crippen MR) is 57.7 cm³/mol. The van der Waals surface area contributed by atoms with Gasteiger partial charge in [0.25, 0.3) is 0 Å². The first-order chi connectivity index (χ1) is 7.08. The van der Waals surface area contributed by atoms with Crippen molar-refractivity contribution >= 4 is 23.9 Å². The molecule has 1 rings (SSSR count). The van der Waals surface area contributed by atoms with Crippen LogP contribution in [0, 0.1) is 13.8 Å². The van der Waals surface area contributed by atoms with Crippen LogP contribution in [0.3, 0.4) is 0 Å². The Morgan fingerprint density at radius 3 is 2.60 bits per heavy atom. The number of alkyl halides is 1. The summed E-state index contributed by atoms with van der Waals surface area (Å²) >= 11 is 5.32. The highest BCUT2D eigenvalue weighted by atomic mass is 35.5. The van der Waals surface area contributed by atoms with E-state index in [9.17, 15) is 9.59 Å². The van der Waals surface area contributed by atoms with Crippen LogP contribution in [-0.2, 0) is 4.79 Å². The Morgan fingerprint density at radius 1 is 1.40 bits per heavy atom. The summed E-state index contributed by atoms with van der Waals surface area (Å²) in [7, 11) is 0. The number of aldehydes is 1. The molecule has 0 amide bonds. The van der Waals surface area contributed by atoms with E-state index in [-0.39, 0.29) is 5.88 Å². The Morgan fingerprint density at radius 2 is 2.07 bits per heavy atom. The largest absolute Gasteiger partial charge is 0.425 e. The summed E-state index contributed by atoms with van der Waals surface area (Å²) in [5.74, 6) is -0.241. The normalized spacial score (nSPS) is 9.80. The highest BCUT2D eigenvalue weighted by Gasteiger charge is 2.08. The third-order valence-electron chi connectivity index (χ3n) is 2.02. The molecule has 0 N–H and O–H groups in total. The van der Waals surface area contributed by atoms with Crippen molar-refractivity contribution in [1.82, 2.24) is 0 Å². The van der Waals surface area contributed by atoms with E-state index in [1.54, 1.807) is 26.0 Å². The Kier molecular flexibility index (Phi) is 3.86. The van der Waals surface area contributed by atoms with Gasteiger partial charge in [-0.25, -0.2) is 0 Å². The van der Waals surface area contributed by atoms with Gasteiger partial charge in [-0.3, -0.25) is 9.59 Å². The Balaban J connectivity index is 3.05. The van der Waals surface area contributed by atoms with E-state index in [4.69, 9.17) is 16.3 Å². The van der Waals surface area contributed by atoms with Crippen LogP contribution < -0.4 is 4.74 Å². The molecule has 0 atom stereocenters. The van der Waals surface area contributed by atoms with E-state index in [0.29, 0.717) is 11.3 Å². The molecule has 0 radical (unpaired) electrons. The molecule has 0 aliphatic carbocycles. The summed E-state index contributed by atoms with van der Waals surface area (Å²) in [6, 6.07) is 3.34. The SMILES string of the molecule is Cc1cc(OC(=O)CCl)c(C)cc1C=O. The number of benzene rings is 1. The van der Waals surface area contributed by atoms with E-state index in [0.717, 1.165) is 17.4 Å². The molecule has 4 heteroatoms. The minimum atomic E-state index is -0.502. The second-order valence-corrected chi connectivity index (χ2v) is 3.47. The summed E-state index contributed by atoms with van der Waals surface area (Å²) < 4.78 is 4.99. The fraction of sp³-hybridized carbons (Fsp3) is 0.273. The lowest BCUT2D eigenvalue weighted by Gasteiger charge is -2.08.